The van der Waals surface area contributed by atoms with Crippen LogP contribution in [0.25, 0.3) is 0 Å². The first-order valence-corrected chi connectivity index (χ1v) is 8.88. The zero-order valence-corrected chi connectivity index (χ0v) is 15.0. The van der Waals surface area contributed by atoms with Gasteiger partial charge in [0.15, 0.2) is 0 Å². The molecule has 1 saturated heterocycles. The molecule has 1 atom stereocenters. The SMILES string of the molecule is COc1ccc(N2CCC(N[C@H](C)c3ccccc3C)CC2)cc1. The van der Waals surface area contributed by atoms with Crippen molar-refractivity contribution < 1.29 is 4.74 Å². The monoisotopic (exact) mass is 324 g/mol. The summed E-state index contributed by atoms with van der Waals surface area (Å²) in [6.07, 6.45) is 2.37. The molecule has 2 aromatic rings. The fraction of sp³-hybridized carbons (Fsp3) is 0.429. The summed E-state index contributed by atoms with van der Waals surface area (Å²) in [6, 6.07) is 18.1. The quantitative estimate of drug-likeness (QED) is 0.886. The molecule has 0 aromatic heterocycles. The van der Waals surface area contributed by atoms with E-state index in [0.717, 1.165) is 18.8 Å². The van der Waals surface area contributed by atoms with Crippen LogP contribution >= 0.6 is 0 Å². The third-order valence-corrected chi connectivity index (χ3v) is 5.07. The van der Waals surface area contributed by atoms with Crippen LogP contribution in [0.15, 0.2) is 48.5 Å². The molecule has 0 aliphatic carbocycles. The molecule has 2 aromatic carbocycles. The van der Waals surface area contributed by atoms with Crippen molar-refractivity contribution in [1.29, 1.82) is 0 Å². The molecule has 3 heteroatoms. The predicted octanol–water partition coefficient (Wildman–Crippen LogP) is 4.32. The highest BCUT2D eigenvalue weighted by Gasteiger charge is 2.21. The van der Waals surface area contributed by atoms with Crippen LogP contribution in [0.2, 0.25) is 0 Å². The minimum atomic E-state index is 0.406. The summed E-state index contributed by atoms with van der Waals surface area (Å²) in [7, 11) is 1.71. The van der Waals surface area contributed by atoms with Gasteiger partial charge in [0, 0.05) is 30.9 Å². The summed E-state index contributed by atoms with van der Waals surface area (Å²) in [6.45, 7) is 6.67. The number of benzene rings is 2. The smallest absolute Gasteiger partial charge is 0.119 e. The van der Waals surface area contributed by atoms with Gasteiger partial charge in [-0.1, -0.05) is 24.3 Å². The van der Waals surface area contributed by atoms with Gasteiger partial charge in [-0.25, -0.2) is 0 Å². The number of hydrogen-bond acceptors (Lipinski definition) is 3. The first-order valence-electron chi connectivity index (χ1n) is 8.88. The van der Waals surface area contributed by atoms with E-state index in [1.807, 2.05) is 12.1 Å². The molecule has 1 aliphatic heterocycles. The Hall–Kier alpha value is -2.00. The fourth-order valence-corrected chi connectivity index (χ4v) is 3.61. The molecule has 0 amide bonds. The zero-order chi connectivity index (χ0) is 16.9. The van der Waals surface area contributed by atoms with Crippen molar-refractivity contribution in [2.75, 3.05) is 25.1 Å². The molecule has 1 N–H and O–H groups in total. The van der Waals surface area contributed by atoms with E-state index in [1.54, 1.807) is 7.11 Å². The summed E-state index contributed by atoms with van der Waals surface area (Å²) in [4.78, 5) is 2.47. The van der Waals surface area contributed by atoms with Crippen LogP contribution in [0.4, 0.5) is 5.69 Å². The van der Waals surface area contributed by atoms with Gasteiger partial charge in [0.2, 0.25) is 0 Å². The molecule has 24 heavy (non-hydrogen) atoms. The number of nitrogens with zero attached hydrogens (tertiary/aromatic N) is 1. The fourth-order valence-electron chi connectivity index (χ4n) is 3.61. The maximum atomic E-state index is 5.24. The largest absolute Gasteiger partial charge is 0.497 e. The Bertz CT molecular complexity index is 645. The van der Waals surface area contributed by atoms with Gasteiger partial charge in [0.1, 0.15) is 5.75 Å². The second kappa shape index (κ2) is 7.71. The van der Waals surface area contributed by atoms with Crippen LogP contribution in [-0.4, -0.2) is 26.2 Å². The molecule has 128 valence electrons. The number of ether oxygens (including phenoxy) is 1. The molecule has 0 bridgehead atoms. The van der Waals surface area contributed by atoms with Gasteiger partial charge in [-0.05, 0) is 62.1 Å². The summed E-state index contributed by atoms with van der Waals surface area (Å²) in [5.74, 6) is 0.919. The van der Waals surface area contributed by atoms with Gasteiger partial charge in [-0.15, -0.1) is 0 Å². The lowest BCUT2D eigenvalue weighted by Crippen LogP contribution is -2.43. The summed E-state index contributed by atoms with van der Waals surface area (Å²) in [5.41, 5.74) is 4.07. The van der Waals surface area contributed by atoms with E-state index < -0.39 is 0 Å². The Morgan fingerprint density at radius 2 is 1.71 bits per heavy atom. The van der Waals surface area contributed by atoms with Crippen LogP contribution in [0.3, 0.4) is 0 Å². The molecule has 1 fully saturated rings. The van der Waals surface area contributed by atoms with Crippen LogP contribution in [0, 0.1) is 6.92 Å². The third kappa shape index (κ3) is 3.90. The lowest BCUT2D eigenvalue weighted by Gasteiger charge is -2.35. The zero-order valence-electron chi connectivity index (χ0n) is 15.0. The van der Waals surface area contributed by atoms with Crippen molar-refractivity contribution in [2.24, 2.45) is 0 Å². The van der Waals surface area contributed by atoms with E-state index in [4.69, 9.17) is 4.74 Å². The van der Waals surface area contributed by atoms with E-state index in [2.05, 4.69) is 60.5 Å². The highest BCUT2D eigenvalue weighted by molar-refractivity contribution is 5.49. The van der Waals surface area contributed by atoms with E-state index in [0.29, 0.717) is 12.1 Å². The highest BCUT2D eigenvalue weighted by Crippen LogP contribution is 2.24. The minimum absolute atomic E-state index is 0.406. The average Bonchev–Trinajstić information content (AvgIpc) is 2.63. The molecular formula is C21H28N2O. The normalized spacial score (nSPS) is 16.9. The Kier molecular flexibility index (Phi) is 5.41. The third-order valence-electron chi connectivity index (χ3n) is 5.07. The maximum absolute atomic E-state index is 5.24. The van der Waals surface area contributed by atoms with Crippen molar-refractivity contribution in [3.8, 4) is 5.75 Å². The number of aryl methyl sites for hydroxylation is 1. The van der Waals surface area contributed by atoms with Crippen LogP contribution < -0.4 is 15.0 Å². The number of anilines is 1. The maximum Gasteiger partial charge on any atom is 0.119 e. The topological polar surface area (TPSA) is 24.5 Å². The lowest BCUT2D eigenvalue weighted by molar-refractivity contribution is 0.380. The summed E-state index contributed by atoms with van der Waals surface area (Å²) in [5, 5.41) is 3.82. The van der Waals surface area contributed by atoms with Gasteiger partial charge in [0.25, 0.3) is 0 Å². The van der Waals surface area contributed by atoms with Crippen LogP contribution in [0.1, 0.15) is 36.9 Å². The number of nitrogens with one attached hydrogen (secondary N) is 1. The Balaban J connectivity index is 1.54. The lowest BCUT2D eigenvalue weighted by atomic mass is 9.99. The van der Waals surface area contributed by atoms with Crippen molar-refractivity contribution >= 4 is 5.69 Å². The Morgan fingerprint density at radius 1 is 1.04 bits per heavy atom. The van der Waals surface area contributed by atoms with Gasteiger partial charge in [-0.3, -0.25) is 0 Å². The molecule has 0 spiro atoms. The molecule has 0 radical (unpaired) electrons. The molecule has 3 rings (SSSR count). The van der Waals surface area contributed by atoms with E-state index in [1.165, 1.54) is 29.7 Å². The molecular weight excluding hydrogens is 296 g/mol. The summed E-state index contributed by atoms with van der Waals surface area (Å²) < 4.78 is 5.24. The second-order valence-corrected chi connectivity index (χ2v) is 6.70. The Labute approximate surface area is 145 Å². The number of hydrogen-bond donors (Lipinski definition) is 1. The first-order chi connectivity index (χ1) is 11.7. The van der Waals surface area contributed by atoms with Gasteiger partial charge >= 0.3 is 0 Å². The molecule has 3 nitrogen and oxygen atoms in total. The highest BCUT2D eigenvalue weighted by atomic mass is 16.5. The molecule has 0 saturated carbocycles. The van der Waals surface area contributed by atoms with Gasteiger partial charge in [-0.2, -0.15) is 0 Å². The number of methoxy groups -OCH3 is 1. The van der Waals surface area contributed by atoms with Gasteiger partial charge in [0.05, 0.1) is 7.11 Å². The van der Waals surface area contributed by atoms with Crippen LogP contribution in [0.5, 0.6) is 5.75 Å². The minimum Gasteiger partial charge on any atom is -0.497 e. The number of piperidine rings is 1. The van der Waals surface area contributed by atoms with Crippen molar-refractivity contribution in [3.63, 3.8) is 0 Å². The summed E-state index contributed by atoms with van der Waals surface area (Å²) >= 11 is 0. The van der Waals surface area contributed by atoms with Crippen molar-refractivity contribution in [2.45, 2.75) is 38.8 Å². The van der Waals surface area contributed by atoms with Crippen molar-refractivity contribution in [1.82, 2.24) is 5.32 Å². The first kappa shape index (κ1) is 16.8. The van der Waals surface area contributed by atoms with E-state index >= 15 is 0 Å². The predicted molar refractivity (Wildman–Crippen MR) is 101 cm³/mol. The standard InChI is InChI=1S/C21H28N2O/c1-16-6-4-5-7-21(16)17(2)22-18-12-14-23(15-13-18)19-8-10-20(24-3)11-9-19/h4-11,17-18,22H,12-15H2,1-3H3/t17-/m1/s1. The van der Waals surface area contributed by atoms with E-state index in [9.17, 15) is 0 Å². The van der Waals surface area contributed by atoms with Gasteiger partial charge < -0.3 is 15.0 Å². The Morgan fingerprint density at radius 3 is 2.33 bits per heavy atom. The second-order valence-electron chi connectivity index (χ2n) is 6.70. The number of rotatable bonds is 5. The van der Waals surface area contributed by atoms with E-state index in [-0.39, 0.29) is 0 Å². The van der Waals surface area contributed by atoms with Crippen LogP contribution in [-0.2, 0) is 0 Å². The molecule has 1 aliphatic rings. The van der Waals surface area contributed by atoms with Crippen molar-refractivity contribution in [3.05, 3.63) is 59.7 Å². The average molecular weight is 324 g/mol. The molecule has 1 heterocycles. The molecule has 0 unspecified atom stereocenters.